The van der Waals surface area contributed by atoms with Crippen molar-refractivity contribution < 1.29 is 9.90 Å². The van der Waals surface area contributed by atoms with Gasteiger partial charge < -0.3 is 10.0 Å². The predicted octanol–water partition coefficient (Wildman–Crippen LogP) is 1.46. The average molecular weight is 298 g/mol. The number of rotatable bonds is 3. The number of carbonyl (C=O) groups excluding carboxylic acids is 1. The molecule has 0 unspecified atom stereocenters. The van der Waals surface area contributed by atoms with Gasteiger partial charge in [0, 0.05) is 18.7 Å². The number of β-amino-alcohol motifs (C(OH)–C–C–N with tert-alkyl or cyclic N) is 1. The summed E-state index contributed by atoms with van der Waals surface area (Å²) in [6.45, 7) is 5.10. The van der Waals surface area contributed by atoms with Gasteiger partial charge in [-0.25, -0.2) is 0 Å². The molecule has 3 rings (SSSR count). The molecule has 1 aliphatic carbocycles. The van der Waals surface area contributed by atoms with Crippen LogP contribution in [0.1, 0.15) is 25.5 Å². The molecule has 6 heteroatoms. The van der Waals surface area contributed by atoms with Gasteiger partial charge in [0.1, 0.15) is 6.54 Å². The van der Waals surface area contributed by atoms with Gasteiger partial charge in [-0.1, -0.05) is 18.5 Å². The molecule has 20 heavy (non-hydrogen) atoms. The minimum atomic E-state index is -0.687. The molecule has 0 radical (unpaired) electrons. The smallest absolute Gasteiger partial charge is 0.244 e. The van der Waals surface area contributed by atoms with Gasteiger partial charge in [-0.3, -0.25) is 9.48 Å². The van der Waals surface area contributed by atoms with Crippen LogP contribution in [-0.4, -0.2) is 44.4 Å². The normalized spacial score (nSPS) is 30.0. The third-order valence-corrected chi connectivity index (χ3v) is 4.98. The number of aromatic nitrogens is 2. The van der Waals surface area contributed by atoms with Gasteiger partial charge in [0.25, 0.3) is 0 Å². The zero-order chi connectivity index (χ0) is 14.5. The zero-order valence-corrected chi connectivity index (χ0v) is 12.6. The molecule has 1 saturated heterocycles. The van der Waals surface area contributed by atoms with E-state index in [0.29, 0.717) is 24.0 Å². The summed E-state index contributed by atoms with van der Waals surface area (Å²) in [5.74, 6) is 0.506. The minimum Gasteiger partial charge on any atom is -0.387 e. The van der Waals surface area contributed by atoms with E-state index in [2.05, 4.69) is 5.10 Å². The number of aliphatic hydroxyl groups is 1. The zero-order valence-electron chi connectivity index (χ0n) is 11.8. The van der Waals surface area contributed by atoms with E-state index in [1.165, 1.54) is 0 Å². The topological polar surface area (TPSA) is 58.4 Å². The van der Waals surface area contributed by atoms with Crippen molar-refractivity contribution in [2.45, 2.75) is 38.8 Å². The molecule has 2 atom stereocenters. The van der Waals surface area contributed by atoms with Crippen molar-refractivity contribution in [3.05, 3.63) is 16.9 Å². The summed E-state index contributed by atoms with van der Waals surface area (Å²) in [4.78, 5) is 14.1. The number of aryl methyl sites for hydroxylation is 1. The van der Waals surface area contributed by atoms with Crippen molar-refractivity contribution in [2.75, 3.05) is 13.1 Å². The Morgan fingerprint density at radius 3 is 2.85 bits per heavy atom. The number of halogens is 1. The standard InChI is InChI=1S/C14H20ClN3O2/c1-9-5-17(8-14(9,20)11-3-4-11)13(19)7-18-6-12(15)10(2)16-18/h6,9,11,20H,3-5,7-8H2,1-2H3/t9-,14+/m0/s1. The Morgan fingerprint density at radius 1 is 1.60 bits per heavy atom. The second kappa shape index (κ2) is 4.74. The number of nitrogens with zero attached hydrogens (tertiary/aromatic N) is 3. The number of hydrogen-bond donors (Lipinski definition) is 1. The maximum atomic E-state index is 12.3. The first-order valence-corrected chi connectivity index (χ1v) is 7.47. The van der Waals surface area contributed by atoms with Crippen LogP contribution in [0.3, 0.4) is 0 Å². The third-order valence-electron chi connectivity index (χ3n) is 4.61. The van der Waals surface area contributed by atoms with Crippen molar-refractivity contribution >= 4 is 17.5 Å². The molecule has 0 bridgehead atoms. The quantitative estimate of drug-likeness (QED) is 0.919. The van der Waals surface area contributed by atoms with E-state index in [1.54, 1.807) is 15.8 Å². The summed E-state index contributed by atoms with van der Waals surface area (Å²) in [7, 11) is 0. The summed E-state index contributed by atoms with van der Waals surface area (Å²) in [6.07, 6.45) is 3.83. The molecule has 2 heterocycles. The van der Waals surface area contributed by atoms with Gasteiger partial charge in [0.2, 0.25) is 5.91 Å². The van der Waals surface area contributed by atoms with Crippen molar-refractivity contribution in [3.8, 4) is 0 Å². The molecule has 1 saturated carbocycles. The second-order valence-electron chi connectivity index (χ2n) is 6.20. The number of carbonyl (C=O) groups is 1. The highest BCUT2D eigenvalue weighted by atomic mass is 35.5. The van der Waals surface area contributed by atoms with E-state index in [-0.39, 0.29) is 18.4 Å². The molecule has 0 spiro atoms. The molecule has 2 fully saturated rings. The lowest BCUT2D eigenvalue weighted by Crippen LogP contribution is -2.41. The fourth-order valence-electron chi connectivity index (χ4n) is 3.13. The van der Waals surface area contributed by atoms with Crippen LogP contribution in [0.5, 0.6) is 0 Å². The van der Waals surface area contributed by atoms with E-state index in [0.717, 1.165) is 18.5 Å². The van der Waals surface area contributed by atoms with Crippen LogP contribution in [0.2, 0.25) is 5.02 Å². The predicted molar refractivity (Wildman–Crippen MR) is 75.4 cm³/mol. The van der Waals surface area contributed by atoms with Crippen LogP contribution in [0.4, 0.5) is 0 Å². The van der Waals surface area contributed by atoms with Crippen LogP contribution >= 0.6 is 11.6 Å². The number of amides is 1. The van der Waals surface area contributed by atoms with Crippen LogP contribution < -0.4 is 0 Å². The molecule has 5 nitrogen and oxygen atoms in total. The monoisotopic (exact) mass is 297 g/mol. The van der Waals surface area contributed by atoms with Crippen LogP contribution in [0.25, 0.3) is 0 Å². The van der Waals surface area contributed by atoms with Gasteiger partial charge >= 0.3 is 0 Å². The SMILES string of the molecule is Cc1nn(CC(=O)N2C[C@H](C)[C@@](O)(C3CC3)C2)cc1Cl. The molecule has 1 amide bonds. The molecular weight excluding hydrogens is 278 g/mol. The average Bonchev–Trinajstić information content (AvgIpc) is 3.12. The van der Waals surface area contributed by atoms with Crippen molar-refractivity contribution in [1.82, 2.24) is 14.7 Å². The van der Waals surface area contributed by atoms with Crippen molar-refractivity contribution in [2.24, 2.45) is 11.8 Å². The molecule has 2 aliphatic rings. The Kier molecular flexibility index (Phi) is 3.29. The molecule has 110 valence electrons. The maximum absolute atomic E-state index is 12.3. The van der Waals surface area contributed by atoms with E-state index < -0.39 is 5.60 Å². The highest BCUT2D eigenvalue weighted by Gasteiger charge is 2.53. The van der Waals surface area contributed by atoms with Gasteiger partial charge in [-0.15, -0.1) is 0 Å². The highest BCUT2D eigenvalue weighted by Crippen LogP contribution is 2.47. The Bertz CT molecular complexity index is 521. The Morgan fingerprint density at radius 2 is 2.30 bits per heavy atom. The lowest BCUT2D eigenvalue weighted by Gasteiger charge is -2.26. The van der Waals surface area contributed by atoms with E-state index in [9.17, 15) is 9.90 Å². The van der Waals surface area contributed by atoms with Gasteiger partial charge in [0.15, 0.2) is 0 Å². The van der Waals surface area contributed by atoms with Crippen LogP contribution in [0.15, 0.2) is 6.20 Å². The second-order valence-corrected chi connectivity index (χ2v) is 6.61. The Labute approximate surface area is 123 Å². The molecule has 1 aromatic rings. The summed E-state index contributed by atoms with van der Waals surface area (Å²) < 4.78 is 1.57. The Balaban J connectivity index is 1.66. The first kappa shape index (κ1) is 13.9. The van der Waals surface area contributed by atoms with E-state index in [4.69, 9.17) is 11.6 Å². The lowest BCUT2D eigenvalue weighted by atomic mass is 9.88. The summed E-state index contributed by atoms with van der Waals surface area (Å²) in [5, 5.41) is 15.5. The lowest BCUT2D eigenvalue weighted by molar-refractivity contribution is -0.132. The fraction of sp³-hybridized carbons (Fsp3) is 0.714. The van der Waals surface area contributed by atoms with Gasteiger partial charge in [-0.2, -0.15) is 5.10 Å². The fourth-order valence-corrected chi connectivity index (χ4v) is 3.28. The molecule has 1 aliphatic heterocycles. The van der Waals surface area contributed by atoms with E-state index in [1.807, 2.05) is 13.8 Å². The number of likely N-dealkylation sites (tertiary alicyclic amines) is 1. The summed E-state index contributed by atoms with van der Waals surface area (Å²) >= 11 is 5.94. The van der Waals surface area contributed by atoms with Crippen molar-refractivity contribution in [3.63, 3.8) is 0 Å². The molecular formula is C14H20ClN3O2. The Hall–Kier alpha value is -1.07. The van der Waals surface area contributed by atoms with Crippen molar-refractivity contribution in [1.29, 1.82) is 0 Å². The third kappa shape index (κ3) is 2.33. The van der Waals surface area contributed by atoms with Gasteiger partial charge in [-0.05, 0) is 25.7 Å². The van der Waals surface area contributed by atoms with Crippen LogP contribution in [-0.2, 0) is 11.3 Å². The van der Waals surface area contributed by atoms with Crippen LogP contribution in [0, 0.1) is 18.8 Å². The maximum Gasteiger partial charge on any atom is 0.244 e. The first-order valence-electron chi connectivity index (χ1n) is 7.10. The molecule has 0 aromatic carbocycles. The van der Waals surface area contributed by atoms with Gasteiger partial charge in [0.05, 0.1) is 22.9 Å². The highest BCUT2D eigenvalue weighted by molar-refractivity contribution is 6.31. The largest absolute Gasteiger partial charge is 0.387 e. The summed E-state index contributed by atoms with van der Waals surface area (Å²) in [5.41, 5.74) is 0.0385. The molecule has 1 aromatic heterocycles. The minimum absolute atomic E-state index is 0.00686. The van der Waals surface area contributed by atoms with E-state index >= 15 is 0 Å². The molecule has 1 N–H and O–H groups in total. The summed E-state index contributed by atoms with van der Waals surface area (Å²) in [6, 6.07) is 0. The first-order chi connectivity index (χ1) is 9.40. The number of hydrogen-bond acceptors (Lipinski definition) is 3.